The normalized spacial score (nSPS) is 14.3. The summed E-state index contributed by atoms with van der Waals surface area (Å²) in [6.45, 7) is 1.73. The molecule has 1 fully saturated rings. The maximum absolute atomic E-state index is 12.6. The summed E-state index contributed by atoms with van der Waals surface area (Å²) in [7, 11) is 2.02. The van der Waals surface area contributed by atoms with Crippen molar-refractivity contribution in [2.45, 2.75) is 30.8 Å². The van der Waals surface area contributed by atoms with Gasteiger partial charge in [-0.25, -0.2) is 0 Å². The number of aryl methyl sites for hydroxylation is 1. The molecule has 1 amide bonds. The van der Waals surface area contributed by atoms with Crippen LogP contribution in [0.2, 0.25) is 5.02 Å². The number of hydrogen-bond donors (Lipinski definition) is 0. The number of aromatic nitrogens is 4. The van der Waals surface area contributed by atoms with Crippen molar-refractivity contribution in [2.75, 3.05) is 18.8 Å². The van der Waals surface area contributed by atoms with E-state index in [0.29, 0.717) is 17.2 Å². The fourth-order valence-electron chi connectivity index (χ4n) is 3.56. The molecule has 0 spiro atoms. The number of halogens is 1. The zero-order valence-electron chi connectivity index (χ0n) is 16.4. The van der Waals surface area contributed by atoms with Gasteiger partial charge in [0, 0.05) is 49.2 Å². The first-order valence-corrected chi connectivity index (χ1v) is 11.2. The highest BCUT2D eigenvalue weighted by molar-refractivity contribution is 7.99. The van der Waals surface area contributed by atoms with Gasteiger partial charge < -0.3 is 9.47 Å². The highest BCUT2D eigenvalue weighted by Crippen LogP contribution is 2.25. The molecule has 0 radical (unpaired) electrons. The van der Waals surface area contributed by atoms with Crippen LogP contribution in [-0.4, -0.2) is 49.0 Å². The van der Waals surface area contributed by atoms with Crippen LogP contribution >= 0.6 is 23.4 Å². The molecule has 1 aliphatic rings. The van der Waals surface area contributed by atoms with E-state index in [4.69, 9.17) is 11.6 Å². The molecular formula is C21H24ClN5OS. The fourth-order valence-corrected chi connectivity index (χ4v) is 4.56. The molecule has 0 unspecified atom stereocenters. The molecule has 3 aromatic rings. The predicted molar refractivity (Wildman–Crippen MR) is 116 cm³/mol. The lowest BCUT2D eigenvalue weighted by molar-refractivity contribution is -0.129. The molecule has 2 aromatic heterocycles. The minimum absolute atomic E-state index is 0.171. The standard InChI is InChI=1S/C21H24ClN5OS/c1-25-11-5-6-18(25)14-19-23-24-21(27(19)17-9-7-16(22)8-10-17)29-15-20(28)26-12-3-2-4-13-26/h5-11H,2-4,12-15H2,1H3. The van der Waals surface area contributed by atoms with Crippen molar-refractivity contribution in [2.24, 2.45) is 7.05 Å². The Balaban J connectivity index is 1.58. The van der Waals surface area contributed by atoms with Crippen molar-refractivity contribution in [3.05, 3.63) is 59.1 Å². The minimum Gasteiger partial charge on any atom is -0.354 e. The number of carbonyl (C=O) groups is 1. The number of nitrogens with zero attached hydrogens (tertiary/aromatic N) is 5. The summed E-state index contributed by atoms with van der Waals surface area (Å²) in [4.78, 5) is 14.6. The van der Waals surface area contributed by atoms with Crippen LogP contribution < -0.4 is 0 Å². The number of hydrogen-bond acceptors (Lipinski definition) is 4. The van der Waals surface area contributed by atoms with E-state index in [2.05, 4.69) is 20.8 Å². The molecule has 0 bridgehead atoms. The number of carbonyl (C=O) groups excluding carboxylic acids is 1. The summed E-state index contributed by atoms with van der Waals surface area (Å²) in [5, 5.41) is 10.3. The Morgan fingerprint density at radius 1 is 1.10 bits per heavy atom. The molecule has 152 valence electrons. The average molecular weight is 430 g/mol. The first kappa shape index (κ1) is 20.0. The fraction of sp³-hybridized carbons (Fsp3) is 0.381. The summed E-state index contributed by atoms with van der Waals surface area (Å²) in [5.41, 5.74) is 2.09. The van der Waals surface area contributed by atoms with E-state index >= 15 is 0 Å². The van der Waals surface area contributed by atoms with Crippen molar-refractivity contribution in [1.82, 2.24) is 24.2 Å². The average Bonchev–Trinajstić information content (AvgIpc) is 3.34. The van der Waals surface area contributed by atoms with Gasteiger partial charge in [-0.1, -0.05) is 23.4 Å². The largest absolute Gasteiger partial charge is 0.354 e. The van der Waals surface area contributed by atoms with Crippen LogP contribution in [0.5, 0.6) is 0 Å². The smallest absolute Gasteiger partial charge is 0.233 e. The van der Waals surface area contributed by atoms with Crippen LogP contribution in [0, 0.1) is 0 Å². The number of amides is 1. The SMILES string of the molecule is Cn1cccc1Cc1nnc(SCC(=O)N2CCCCC2)n1-c1ccc(Cl)cc1. The van der Waals surface area contributed by atoms with E-state index in [1.54, 1.807) is 0 Å². The Kier molecular flexibility index (Phi) is 6.25. The molecule has 0 aliphatic carbocycles. The Bertz CT molecular complexity index is 975. The van der Waals surface area contributed by atoms with E-state index in [9.17, 15) is 4.79 Å². The third-order valence-electron chi connectivity index (χ3n) is 5.21. The van der Waals surface area contributed by atoms with Gasteiger partial charge in [0.05, 0.1) is 5.75 Å². The Morgan fingerprint density at radius 3 is 2.55 bits per heavy atom. The molecule has 0 saturated carbocycles. The second-order valence-corrected chi connectivity index (χ2v) is 8.61. The van der Waals surface area contributed by atoms with Gasteiger partial charge in [-0.15, -0.1) is 10.2 Å². The lowest BCUT2D eigenvalue weighted by Gasteiger charge is -2.26. The number of likely N-dealkylation sites (tertiary alicyclic amines) is 1. The van der Waals surface area contributed by atoms with E-state index in [1.165, 1.54) is 18.2 Å². The lowest BCUT2D eigenvalue weighted by Crippen LogP contribution is -2.36. The van der Waals surface area contributed by atoms with Gasteiger partial charge in [0.2, 0.25) is 5.91 Å². The van der Waals surface area contributed by atoms with Gasteiger partial charge in [-0.05, 0) is 55.7 Å². The summed E-state index contributed by atoms with van der Waals surface area (Å²) < 4.78 is 4.10. The first-order valence-electron chi connectivity index (χ1n) is 9.83. The van der Waals surface area contributed by atoms with Crippen LogP contribution in [0.1, 0.15) is 30.8 Å². The predicted octanol–water partition coefficient (Wildman–Crippen LogP) is 3.95. The molecule has 4 rings (SSSR count). The van der Waals surface area contributed by atoms with Crippen LogP contribution in [-0.2, 0) is 18.3 Å². The summed E-state index contributed by atoms with van der Waals surface area (Å²) in [5.74, 6) is 1.38. The van der Waals surface area contributed by atoms with Crippen LogP contribution in [0.3, 0.4) is 0 Å². The maximum Gasteiger partial charge on any atom is 0.233 e. The Labute approximate surface area is 179 Å². The van der Waals surface area contributed by atoms with Gasteiger partial charge in [-0.2, -0.15) is 0 Å². The molecule has 29 heavy (non-hydrogen) atoms. The molecule has 0 N–H and O–H groups in total. The van der Waals surface area contributed by atoms with Crippen molar-refractivity contribution >= 4 is 29.3 Å². The van der Waals surface area contributed by atoms with Crippen molar-refractivity contribution < 1.29 is 4.79 Å². The third kappa shape index (κ3) is 4.67. The van der Waals surface area contributed by atoms with Crippen molar-refractivity contribution in [3.63, 3.8) is 0 Å². The zero-order valence-corrected chi connectivity index (χ0v) is 18.0. The molecular weight excluding hydrogens is 406 g/mol. The lowest BCUT2D eigenvalue weighted by atomic mass is 10.1. The summed E-state index contributed by atoms with van der Waals surface area (Å²) in [6.07, 6.45) is 6.08. The quantitative estimate of drug-likeness (QED) is 0.556. The second kappa shape index (κ2) is 9.05. The molecule has 1 aliphatic heterocycles. The third-order valence-corrected chi connectivity index (χ3v) is 6.37. The van der Waals surface area contributed by atoms with Crippen LogP contribution in [0.25, 0.3) is 5.69 Å². The summed E-state index contributed by atoms with van der Waals surface area (Å²) in [6, 6.07) is 11.7. The molecule has 0 atom stereocenters. The zero-order chi connectivity index (χ0) is 20.2. The molecule has 1 aromatic carbocycles. The number of thioether (sulfide) groups is 1. The Hall–Kier alpha value is -2.25. The molecule has 6 nitrogen and oxygen atoms in total. The van der Waals surface area contributed by atoms with Gasteiger partial charge >= 0.3 is 0 Å². The number of benzene rings is 1. The highest BCUT2D eigenvalue weighted by atomic mass is 35.5. The molecule has 1 saturated heterocycles. The van der Waals surface area contributed by atoms with Gasteiger partial charge in [0.25, 0.3) is 0 Å². The van der Waals surface area contributed by atoms with E-state index < -0.39 is 0 Å². The van der Waals surface area contributed by atoms with E-state index in [1.807, 2.05) is 53.0 Å². The second-order valence-electron chi connectivity index (χ2n) is 7.23. The number of rotatable bonds is 6. The van der Waals surface area contributed by atoms with Crippen molar-refractivity contribution in [1.29, 1.82) is 0 Å². The van der Waals surface area contributed by atoms with E-state index in [-0.39, 0.29) is 5.91 Å². The first-order chi connectivity index (χ1) is 14.1. The van der Waals surface area contributed by atoms with Crippen LogP contribution in [0.15, 0.2) is 47.8 Å². The summed E-state index contributed by atoms with van der Waals surface area (Å²) >= 11 is 7.52. The van der Waals surface area contributed by atoms with Gasteiger partial charge in [-0.3, -0.25) is 9.36 Å². The van der Waals surface area contributed by atoms with Gasteiger partial charge in [0.1, 0.15) is 5.82 Å². The number of piperidine rings is 1. The topological polar surface area (TPSA) is 56.0 Å². The van der Waals surface area contributed by atoms with Crippen LogP contribution in [0.4, 0.5) is 0 Å². The van der Waals surface area contributed by atoms with E-state index in [0.717, 1.165) is 48.3 Å². The monoisotopic (exact) mass is 429 g/mol. The Morgan fingerprint density at radius 2 is 1.86 bits per heavy atom. The molecule has 3 heterocycles. The minimum atomic E-state index is 0.171. The highest BCUT2D eigenvalue weighted by Gasteiger charge is 2.20. The molecule has 8 heteroatoms. The maximum atomic E-state index is 12.6. The van der Waals surface area contributed by atoms with Gasteiger partial charge in [0.15, 0.2) is 5.16 Å². The van der Waals surface area contributed by atoms with Crippen molar-refractivity contribution in [3.8, 4) is 5.69 Å².